The second kappa shape index (κ2) is 10.9. The summed E-state index contributed by atoms with van der Waals surface area (Å²) in [5, 5.41) is 17.1. The molecule has 0 atom stereocenters. The normalized spacial score (nSPS) is 15.0. The fourth-order valence-electron chi connectivity index (χ4n) is 3.63. The lowest BCUT2D eigenvalue weighted by Gasteiger charge is -2.37. The average Bonchev–Trinajstić information content (AvgIpc) is 3.23. The Balaban J connectivity index is 1.52. The predicted octanol–water partition coefficient (Wildman–Crippen LogP) is 3.25. The molecule has 1 aliphatic rings. The molecule has 1 fully saturated rings. The molecule has 10 heteroatoms. The van der Waals surface area contributed by atoms with Gasteiger partial charge in [-0.25, -0.2) is 4.79 Å². The monoisotopic (exact) mass is 445 g/mol. The molecule has 3 rings (SSSR count). The van der Waals surface area contributed by atoms with Crippen LogP contribution in [0.4, 0.5) is 10.5 Å². The maximum absolute atomic E-state index is 12.5. The van der Waals surface area contributed by atoms with E-state index >= 15 is 0 Å². The maximum Gasteiger partial charge on any atom is 0.315 e. The molecule has 0 radical (unpaired) electrons. The first-order valence-electron chi connectivity index (χ1n) is 10.4. The van der Waals surface area contributed by atoms with Gasteiger partial charge in [0.2, 0.25) is 5.01 Å². The van der Waals surface area contributed by atoms with E-state index in [0.717, 1.165) is 43.4 Å². The number of esters is 1. The summed E-state index contributed by atoms with van der Waals surface area (Å²) in [5.74, 6) is -0.655. The molecule has 0 aliphatic heterocycles. The third kappa shape index (κ3) is 6.74. The van der Waals surface area contributed by atoms with E-state index in [-0.39, 0.29) is 35.9 Å². The van der Waals surface area contributed by atoms with Gasteiger partial charge in [-0.2, -0.15) is 0 Å². The van der Waals surface area contributed by atoms with Crippen LogP contribution in [0.2, 0.25) is 0 Å². The fourth-order valence-corrected chi connectivity index (χ4v) is 4.30. The summed E-state index contributed by atoms with van der Waals surface area (Å²) in [7, 11) is 0. The molecule has 166 valence electrons. The van der Waals surface area contributed by atoms with E-state index in [9.17, 15) is 14.4 Å². The minimum absolute atomic E-state index is 0.137. The Hall–Kier alpha value is -3.01. The van der Waals surface area contributed by atoms with Gasteiger partial charge in [-0.1, -0.05) is 48.8 Å². The van der Waals surface area contributed by atoms with Crippen LogP contribution < -0.4 is 16.0 Å². The zero-order valence-corrected chi connectivity index (χ0v) is 18.3. The van der Waals surface area contributed by atoms with E-state index in [1.165, 1.54) is 0 Å². The van der Waals surface area contributed by atoms with Crippen LogP contribution in [0.1, 0.15) is 60.3 Å². The van der Waals surface area contributed by atoms with Crippen LogP contribution in [0.5, 0.6) is 0 Å². The summed E-state index contributed by atoms with van der Waals surface area (Å²) in [6.07, 6.45) is 4.64. The zero-order chi connectivity index (χ0) is 22.1. The van der Waals surface area contributed by atoms with Crippen molar-refractivity contribution in [3.8, 4) is 0 Å². The Labute approximate surface area is 185 Å². The molecule has 0 spiro atoms. The number of urea groups is 1. The highest BCUT2D eigenvalue weighted by Gasteiger charge is 2.36. The lowest BCUT2D eigenvalue weighted by atomic mass is 9.79. The van der Waals surface area contributed by atoms with Crippen LogP contribution in [-0.2, 0) is 16.1 Å². The second-order valence-electron chi connectivity index (χ2n) is 7.45. The van der Waals surface area contributed by atoms with Gasteiger partial charge in [-0.15, -0.1) is 10.2 Å². The van der Waals surface area contributed by atoms with Crippen molar-refractivity contribution in [1.82, 2.24) is 20.8 Å². The first kappa shape index (κ1) is 22.7. The number of aromatic nitrogens is 2. The number of nitrogens with one attached hydrogen (secondary N) is 3. The molecular weight excluding hydrogens is 418 g/mol. The van der Waals surface area contributed by atoms with Gasteiger partial charge >= 0.3 is 12.0 Å². The number of carbonyl (C=O) groups excluding carboxylic acids is 3. The van der Waals surface area contributed by atoms with E-state index in [1.54, 1.807) is 19.1 Å². The fraction of sp³-hybridized carbons (Fsp3) is 0.476. The van der Waals surface area contributed by atoms with Gasteiger partial charge in [0, 0.05) is 5.69 Å². The predicted molar refractivity (Wildman–Crippen MR) is 117 cm³/mol. The molecule has 2 aromatic rings. The molecule has 1 aliphatic carbocycles. The van der Waals surface area contributed by atoms with Gasteiger partial charge in [-0.3, -0.25) is 9.59 Å². The third-order valence-electron chi connectivity index (χ3n) is 5.07. The van der Waals surface area contributed by atoms with E-state index in [1.807, 2.05) is 18.2 Å². The maximum atomic E-state index is 12.5. The molecule has 0 saturated heterocycles. The summed E-state index contributed by atoms with van der Waals surface area (Å²) >= 11 is 1.11. The van der Waals surface area contributed by atoms with Crippen LogP contribution in [-0.4, -0.2) is 40.3 Å². The van der Waals surface area contributed by atoms with E-state index in [0.29, 0.717) is 17.3 Å². The van der Waals surface area contributed by atoms with Crippen LogP contribution >= 0.6 is 11.3 Å². The first-order valence-corrected chi connectivity index (χ1v) is 11.2. The van der Waals surface area contributed by atoms with Crippen molar-refractivity contribution < 1.29 is 19.1 Å². The summed E-state index contributed by atoms with van der Waals surface area (Å²) in [6.45, 7) is 2.22. The van der Waals surface area contributed by atoms with Crippen molar-refractivity contribution in [2.45, 2.75) is 57.5 Å². The minimum Gasteiger partial charge on any atom is -0.466 e. The Bertz CT molecular complexity index is 896. The molecule has 3 amide bonds. The molecule has 0 bridgehead atoms. The summed E-state index contributed by atoms with van der Waals surface area (Å²) in [4.78, 5) is 36.8. The Morgan fingerprint density at radius 3 is 2.55 bits per heavy atom. The molecule has 1 aromatic carbocycles. The summed E-state index contributed by atoms with van der Waals surface area (Å²) in [5.41, 5.74) is 0.0809. The smallest absolute Gasteiger partial charge is 0.315 e. The molecule has 1 heterocycles. The third-order valence-corrected chi connectivity index (χ3v) is 5.99. The van der Waals surface area contributed by atoms with Crippen molar-refractivity contribution in [3.05, 3.63) is 40.3 Å². The standard InChI is InChI=1S/C21H27N5O4S/c1-2-30-17(27)13-21(11-7-4-8-12-21)24-20(29)22-14-16-25-26-19(31-16)18(28)23-15-9-5-3-6-10-15/h3,5-6,9-10H,2,4,7-8,11-14H2,1H3,(H,23,28)(H2,22,24,29). The molecule has 1 aromatic heterocycles. The van der Waals surface area contributed by atoms with Gasteiger partial charge in [0.25, 0.3) is 5.91 Å². The number of hydrogen-bond acceptors (Lipinski definition) is 7. The topological polar surface area (TPSA) is 122 Å². The number of anilines is 1. The summed E-state index contributed by atoms with van der Waals surface area (Å²) in [6, 6.07) is 8.69. The molecule has 0 unspecified atom stereocenters. The van der Waals surface area contributed by atoms with Crippen LogP contribution in [0.3, 0.4) is 0 Å². The largest absolute Gasteiger partial charge is 0.466 e. The first-order chi connectivity index (χ1) is 15.0. The Kier molecular flexibility index (Phi) is 7.94. The number of hydrogen-bond donors (Lipinski definition) is 3. The minimum atomic E-state index is -0.587. The SMILES string of the molecule is CCOC(=O)CC1(NC(=O)NCc2nnc(C(=O)Nc3ccccc3)s2)CCCCC1. The van der Waals surface area contributed by atoms with Crippen LogP contribution in [0.15, 0.2) is 30.3 Å². The zero-order valence-electron chi connectivity index (χ0n) is 17.5. The summed E-state index contributed by atoms with van der Waals surface area (Å²) < 4.78 is 5.08. The van der Waals surface area contributed by atoms with Gasteiger partial charge in [0.15, 0.2) is 0 Å². The van der Waals surface area contributed by atoms with E-state index < -0.39 is 5.54 Å². The highest BCUT2D eigenvalue weighted by atomic mass is 32.1. The molecule has 31 heavy (non-hydrogen) atoms. The lowest BCUT2D eigenvalue weighted by molar-refractivity contribution is -0.145. The second-order valence-corrected chi connectivity index (χ2v) is 8.51. The lowest BCUT2D eigenvalue weighted by Crippen LogP contribution is -2.54. The van der Waals surface area contributed by atoms with Crippen molar-refractivity contribution in [2.75, 3.05) is 11.9 Å². The number of carbonyl (C=O) groups is 3. The highest BCUT2D eigenvalue weighted by molar-refractivity contribution is 7.13. The number of para-hydroxylation sites is 1. The van der Waals surface area contributed by atoms with Crippen molar-refractivity contribution in [3.63, 3.8) is 0 Å². The molecule has 9 nitrogen and oxygen atoms in total. The Morgan fingerprint density at radius 1 is 1.10 bits per heavy atom. The van der Waals surface area contributed by atoms with Gasteiger partial charge in [-0.05, 0) is 31.9 Å². The van der Waals surface area contributed by atoms with Crippen LogP contribution in [0.25, 0.3) is 0 Å². The van der Waals surface area contributed by atoms with E-state index in [4.69, 9.17) is 4.74 Å². The van der Waals surface area contributed by atoms with Crippen molar-refractivity contribution in [2.24, 2.45) is 0 Å². The van der Waals surface area contributed by atoms with Crippen molar-refractivity contribution >= 4 is 34.9 Å². The van der Waals surface area contributed by atoms with Gasteiger partial charge in [0.05, 0.1) is 25.1 Å². The molecule has 3 N–H and O–H groups in total. The van der Waals surface area contributed by atoms with E-state index in [2.05, 4.69) is 26.1 Å². The quantitative estimate of drug-likeness (QED) is 0.536. The average molecular weight is 446 g/mol. The van der Waals surface area contributed by atoms with Crippen molar-refractivity contribution in [1.29, 1.82) is 0 Å². The van der Waals surface area contributed by atoms with Gasteiger partial charge < -0.3 is 20.7 Å². The number of ether oxygens (including phenoxy) is 1. The number of benzene rings is 1. The number of amides is 3. The Morgan fingerprint density at radius 2 is 1.84 bits per heavy atom. The number of nitrogens with zero attached hydrogens (tertiary/aromatic N) is 2. The molecule has 1 saturated carbocycles. The van der Waals surface area contributed by atoms with Crippen LogP contribution in [0, 0.1) is 0 Å². The molecular formula is C21H27N5O4S. The highest BCUT2D eigenvalue weighted by Crippen LogP contribution is 2.31. The van der Waals surface area contributed by atoms with Gasteiger partial charge in [0.1, 0.15) is 5.01 Å². The number of rotatable bonds is 8.